The lowest BCUT2D eigenvalue weighted by atomic mass is 10.3. The van der Waals surface area contributed by atoms with Crippen LogP contribution in [0, 0.1) is 0 Å². The highest BCUT2D eigenvalue weighted by Gasteiger charge is 2.05. The van der Waals surface area contributed by atoms with E-state index in [2.05, 4.69) is 5.11 Å². The first-order valence-electron chi connectivity index (χ1n) is 2.54. The fourth-order valence-electron chi connectivity index (χ4n) is 0.596. The summed E-state index contributed by atoms with van der Waals surface area (Å²) in [5, 5.41) is 2.97. The Morgan fingerprint density at radius 2 is 2.50 bits per heavy atom. The van der Waals surface area contributed by atoms with Crippen molar-refractivity contribution in [1.29, 1.82) is 0 Å². The number of hydrogen-bond acceptors (Lipinski definition) is 2. The van der Waals surface area contributed by atoms with Gasteiger partial charge in [-0.05, 0) is 5.53 Å². The van der Waals surface area contributed by atoms with Gasteiger partial charge in [0.1, 0.15) is 0 Å². The SMILES string of the molecule is [N]=NC1CC=CCO1. The summed E-state index contributed by atoms with van der Waals surface area (Å²) in [6.07, 6.45) is 4.21. The third kappa shape index (κ3) is 1.13. The molecule has 1 unspecified atom stereocenters. The Balaban J connectivity index is 2.37. The number of rotatable bonds is 1. The number of nitrogens with zero attached hydrogens (tertiary/aromatic N) is 2. The Hall–Kier alpha value is -0.700. The lowest BCUT2D eigenvalue weighted by molar-refractivity contribution is 0.0698. The van der Waals surface area contributed by atoms with Gasteiger partial charge in [0.25, 0.3) is 0 Å². The molecule has 1 atom stereocenters. The highest BCUT2D eigenvalue weighted by molar-refractivity contribution is 4.87. The number of hydrogen-bond donors (Lipinski definition) is 0. The first kappa shape index (κ1) is 5.44. The van der Waals surface area contributed by atoms with Crippen molar-refractivity contribution in [3.8, 4) is 0 Å². The second-order valence-electron chi connectivity index (χ2n) is 1.61. The lowest BCUT2D eigenvalue weighted by Gasteiger charge is -2.10. The molecule has 0 fully saturated rings. The molecule has 0 aromatic heterocycles. The molecular weight excluding hydrogens is 104 g/mol. The molecule has 0 aromatic carbocycles. The van der Waals surface area contributed by atoms with Crippen LogP contribution in [0.4, 0.5) is 0 Å². The van der Waals surface area contributed by atoms with Gasteiger partial charge in [-0.1, -0.05) is 12.2 Å². The van der Waals surface area contributed by atoms with Crippen LogP contribution in [0.25, 0.3) is 0 Å². The third-order valence-electron chi connectivity index (χ3n) is 1.02. The molecule has 3 nitrogen and oxygen atoms in total. The van der Waals surface area contributed by atoms with Crippen molar-refractivity contribution in [2.75, 3.05) is 6.61 Å². The second-order valence-corrected chi connectivity index (χ2v) is 1.61. The highest BCUT2D eigenvalue weighted by Crippen LogP contribution is 2.04. The van der Waals surface area contributed by atoms with Crippen molar-refractivity contribution in [1.82, 2.24) is 5.53 Å². The molecule has 0 saturated carbocycles. The van der Waals surface area contributed by atoms with E-state index < -0.39 is 0 Å². The van der Waals surface area contributed by atoms with Crippen LogP contribution < -0.4 is 5.53 Å². The molecule has 0 N–H and O–H groups in total. The minimum absolute atomic E-state index is 0.319. The van der Waals surface area contributed by atoms with E-state index in [4.69, 9.17) is 10.3 Å². The van der Waals surface area contributed by atoms with E-state index in [1.54, 1.807) is 0 Å². The molecule has 1 radical (unpaired) electrons. The summed E-state index contributed by atoms with van der Waals surface area (Å²) < 4.78 is 4.92. The third-order valence-corrected chi connectivity index (χ3v) is 1.02. The minimum Gasteiger partial charge on any atom is -0.350 e. The molecule has 3 heteroatoms. The van der Waals surface area contributed by atoms with Crippen LogP contribution in [0.5, 0.6) is 0 Å². The van der Waals surface area contributed by atoms with E-state index in [9.17, 15) is 0 Å². The van der Waals surface area contributed by atoms with E-state index in [1.807, 2.05) is 12.2 Å². The monoisotopic (exact) mass is 111 g/mol. The van der Waals surface area contributed by atoms with Gasteiger partial charge in [0.15, 0.2) is 6.23 Å². The average molecular weight is 111 g/mol. The molecule has 1 aliphatic rings. The summed E-state index contributed by atoms with van der Waals surface area (Å²) in [6, 6.07) is 0. The molecule has 1 heterocycles. The van der Waals surface area contributed by atoms with Gasteiger partial charge in [-0.15, -0.1) is 5.11 Å². The largest absolute Gasteiger partial charge is 0.350 e. The quantitative estimate of drug-likeness (QED) is 0.359. The van der Waals surface area contributed by atoms with Crippen LogP contribution >= 0.6 is 0 Å². The Labute approximate surface area is 47.9 Å². The molecule has 0 amide bonds. The summed E-state index contributed by atoms with van der Waals surface area (Å²) in [5.41, 5.74) is 8.16. The molecule has 0 aromatic rings. The summed E-state index contributed by atoms with van der Waals surface area (Å²) in [5.74, 6) is 0. The average Bonchev–Trinajstić information content (AvgIpc) is 1.90. The van der Waals surface area contributed by atoms with Crippen molar-refractivity contribution < 1.29 is 4.74 Å². The Bertz CT molecular complexity index is 111. The number of ether oxygens (including phenoxy) is 1. The van der Waals surface area contributed by atoms with E-state index in [0.29, 0.717) is 13.0 Å². The normalized spacial score (nSPS) is 27.8. The first-order valence-corrected chi connectivity index (χ1v) is 2.54. The first-order chi connectivity index (χ1) is 3.93. The van der Waals surface area contributed by atoms with Gasteiger partial charge in [-0.3, -0.25) is 0 Å². The van der Waals surface area contributed by atoms with Crippen molar-refractivity contribution in [3.05, 3.63) is 12.2 Å². The predicted molar refractivity (Wildman–Crippen MR) is 28.1 cm³/mol. The van der Waals surface area contributed by atoms with E-state index in [0.717, 1.165) is 0 Å². The molecule has 0 saturated heterocycles. The minimum atomic E-state index is -0.319. The predicted octanol–water partition coefficient (Wildman–Crippen LogP) is 0.541. The fourth-order valence-corrected chi connectivity index (χ4v) is 0.596. The van der Waals surface area contributed by atoms with Crippen LogP contribution in [0.15, 0.2) is 17.3 Å². The molecule has 0 aliphatic carbocycles. The van der Waals surface area contributed by atoms with E-state index in [1.165, 1.54) is 0 Å². The standard InChI is InChI=1S/C5H7N2O/c6-7-5-3-1-2-4-8-5/h1-2,5H,3-4H2. The zero-order valence-corrected chi connectivity index (χ0v) is 4.45. The Kier molecular flexibility index (Phi) is 1.75. The van der Waals surface area contributed by atoms with E-state index >= 15 is 0 Å². The molecule has 1 rings (SSSR count). The van der Waals surface area contributed by atoms with Crippen LogP contribution in [0.2, 0.25) is 0 Å². The highest BCUT2D eigenvalue weighted by atomic mass is 16.5. The smallest absolute Gasteiger partial charge is 0.174 e. The maximum Gasteiger partial charge on any atom is 0.174 e. The van der Waals surface area contributed by atoms with Crippen LogP contribution in [0.1, 0.15) is 6.42 Å². The summed E-state index contributed by atoms with van der Waals surface area (Å²) in [4.78, 5) is 0. The van der Waals surface area contributed by atoms with Crippen LogP contribution in [-0.2, 0) is 4.74 Å². The van der Waals surface area contributed by atoms with Crippen molar-refractivity contribution in [2.45, 2.75) is 12.6 Å². The van der Waals surface area contributed by atoms with Gasteiger partial charge in [-0.2, -0.15) is 0 Å². The molecule has 8 heavy (non-hydrogen) atoms. The maximum absolute atomic E-state index is 8.16. The Morgan fingerprint density at radius 3 is 2.88 bits per heavy atom. The molecule has 1 aliphatic heterocycles. The van der Waals surface area contributed by atoms with Crippen LogP contribution in [0.3, 0.4) is 0 Å². The van der Waals surface area contributed by atoms with Gasteiger partial charge in [-0.25, -0.2) is 0 Å². The Morgan fingerprint density at radius 1 is 1.62 bits per heavy atom. The second kappa shape index (κ2) is 2.57. The maximum atomic E-state index is 8.16. The zero-order chi connectivity index (χ0) is 5.82. The zero-order valence-electron chi connectivity index (χ0n) is 4.45. The van der Waals surface area contributed by atoms with Gasteiger partial charge < -0.3 is 4.74 Å². The van der Waals surface area contributed by atoms with Crippen molar-refractivity contribution in [3.63, 3.8) is 0 Å². The van der Waals surface area contributed by atoms with Crippen molar-refractivity contribution >= 4 is 0 Å². The lowest BCUT2D eigenvalue weighted by Crippen LogP contribution is -2.11. The van der Waals surface area contributed by atoms with Gasteiger partial charge >= 0.3 is 0 Å². The van der Waals surface area contributed by atoms with Crippen LogP contribution in [-0.4, -0.2) is 12.8 Å². The topological polar surface area (TPSA) is 43.9 Å². The molecule has 0 bridgehead atoms. The van der Waals surface area contributed by atoms with E-state index in [-0.39, 0.29) is 6.23 Å². The fraction of sp³-hybridized carbons (Fsp3) is 0.600. The molecule has 0 spiro atoms. The van der Waals surface area contributed by atoms with Gasteiger partial charge in [0.2, 0.25) is 0 Å². The molecular formula is C5H7N2O. The summed E-state index contributed by atoms with van der Waals surface area (Å²) >= 11 is 0. The molecule has 43 valence electrons. The summed E-state index contributed by atoms with van der Waals surface area (Å²) in [7, 11) is 0. The van der Waals surface area contributed by atoms with Gasteiger partial charge in [0, 0.05) is 6.42 Å². The summed E-state index contributed by atoms with van der Waals surface area (Å²) in [6.45, 7) is 0.564. The van der Waals surface area contributed by atoms with Crippen molar-refractivity contribution in [2.24, 2.45) is 5.11 Å². The van der Waals surface area contributed by atoms with Gasteiger partial charge in [0.05, 0.1) is 6.61 Å².